The molecule has 0 radical (unpaired) electrons. The van der Waals surface area contributed by atoms with Crippen LogP contribution in [0.3, 0.4) is 0 Å². The summed E-state index contributed by atoms with van der Waals surface area (Å²) in [6.45, 7) is 3.40. The summed E-state index contributed by atoms with van der Waals surface area (Å²) in [6, 6.07) is 23.4. The van der Waals surface area contributed by atoms with E-state index >= 15 is 0 Å². The Labute approximate surface area is 183 Å². The second-order valence-corrected chi connectivity index (χ2v) is 9.82. The van der Waals surface area contributed by atoms with E-state index in [0.29, 0.717) is 18.8 Å². The van der Waals surface area contributed by atoms with Gasteiger partial charge in [0.15, 0.2) is 0 Å². The monoisotopic (exact) mass is 437 g/mol. The third-order valence-electron chi connectivity index (χ3n) is 5.69. The standard InChI is InChI=1S/C24H27N3O3S/c1-31(29,30)27(23-13-7-11-21-10-5-6-12-22(21)23)19-24(28)26-16-14-25(15-17-26)18-20-8-3-2-4-9-20/h2-13H,14-19H2,1H3. The summed E-state index contributed by atoms with van der Waals surface area (Å²) in [7, 11) is -3.62. The van der Waals surface area contributed by atoms with E-state index in [4.69, 9.17) is 0 Å². The second kappa shape index (κ2) is 9.08. The van der Waals surface area contributed by atoms with Crippen LogP contribution in [0, 0.1) is 0 Å². The SMILES string of the molecule is CS(=O)(=O)N(CC(=O)N1CCN(Cc2ccccc2)CC1)c1cccc2ccccc12. The van der Waals surface area contributed by atoms with Crippen LogP contribution in [0.15, 0.2) is 72.8 Å². The molecule has 1 saturated heterocycles. The van der Waals surface area contributed by atoms with Gasteiger partial charge in [0.05, 0.1) is 11.9 Å². The van der Waals surface area contributed by atoms with Gasteiger partial charge >= 0.3 is 0 Å². The number of hydrogen-bond acceptors (Lipinski definition) is 4. The van der Waals surface area contributed by atoms with Crippen LogP contribution in [-0.4, -0.2) is 63.1 Å². The number of benzene rings is 3. The largest absolute Gasteiger partial charge is 0.339 e. The number of amides is 1. The summed E-state index contributed by atoms with van der Waals surface area (Å²) in [5, 5.41) is 1.76. The van der Waals surface area contributed by atoms with Gasteiger partial charge in [-0.3, -0.25) is 14.0 Å². The zero-order valence-corrected chi connectivity index (χ0v) is 18.5. The molecule has 1 aliphatic rings. The molecule has 3 aromatic carbocycles. The predicted molar refractivity (Wildman–Crippen MR) is 124 cm³/mol. The number of fused-ring (bicyclic) bond motifs is 1. The van der Waals surface area contributed by atoms with Crippen molar-refractivity contribution in [1.82, 2.24) is 9.80 Å². The van der Waals surface area contributed by atoms with E-state index < -0.39 is 10.0 Å². The highest BCUT2D eigenvalue weighted by atomic mass is 32.2. The molecule has 6 nitrogen and oxygen atoms in total. The number of carbonyl (C=O) groups is 1. The first-order valence-corrected chi connectivity index (χ1v) is 12.3. The highest BCUT2D eigenvalue weighted by Crippen LogP contribution is 2.28. The third-order valence-corrected chi connectivity index (χ3v) is 6.81. The molecule has 31 heavy (non-hydrogen) atoms. The Bertz CT molecular complexity index is 1150. The van der Waals surface area contributed by atoms with Crippen LogP contribution in [-0.2, 0) is 21.4 Å². The fraction of sp³-hybridized carbons (Fsp3) is 0.292. The van der Waals surface area contributed by atoms with E-state index in [1.165, 1.54) is 9.87 Å². The van der Waals surface area contributed by atoms with Gasteiger partial charge in [0.2, 0.25) is 15.9 Å². The highest BCUT2D eigenvalue weighted by Gasteiger charge is 2.27. The second-order valence-electron chi connectivity index (χ2n) is 7.91. The summed E-state index contributed by atoms with van der Waals surface area (Å²) in [5.74, 6) is -0.169. The molecule has 0 unspecified atom stereocenters. The summed E-state index contributed by atoms with van der Waals surface area (Å²) >= 11 is 0. The summed E-state index contributed by atoms with van der Waals surface area (Å²) in [6.07, 6.45) is 1.15. The normalized spacial score (nSPS) is 15.2. The molecule has 1 heterocycles. The van der Waals surface area contributed by atoms with Gasteiger partial charge in [0, 0.05) is 38.1 Å². The molecule has 1 aliphatic heterocycles. The lowest BCUT2D eigenvalue weighted by Gasteiger charge is -2.36. The van der Waals surface area contributed by atoms with Crippen molar-refractivity contribution in [3.8, 4) is 0 Å². The first kappa shape index (κ1) is 21.3. The Balaban J connectivity index is 1.46. The van der Waals surface area contributed by atoms with Crippen molar-refractivity contribution in [1.29, 1.82) is 0 Å². The Morgan fingerprint density at radius 1 is 0.871 bits per heavy atom. The molecule has 0 aliphatic carbocycles. The lowest BCUT2D eigenvalue weighted by Crippen LogP contribution is -2.51. The average molecular weight is 438 g/mol. The van der Waals surface area contributed by atoms with Gasteiger partial charge in [-0.2, -0.15) is 0 Å². The fourth-order valence-corrected chi connectivity index (χ4v) is 4.89. The summed E-state index contributed by atoms with van der Waals surface area (Å²) in [5.41, 5.74) is 1.79. The van der Waals surface area contributed by atoms with Crippen LogP contribution in [0.25, 0.3) is 10.8 Å². The number of hydrogen-bond donors (Lipinski definition) is 0. The van der Waals surface area contributed by atoms with Crippen molar-refractivity contribution in [2.45, 2.75) is 6.54 Å². The van der Waals surface area contributed by atoms with E-state index in [-0.39, 0.29) is 12.5 Å². The molecule has 0 bridgehead atoms. The van der Waals surface area contributed by atoms with Crippen LogP contribution < -0.4 is 4.31 Å². The third kappa shape index (κ3) is 5.06. The van der Waals surface area contributed by atoms with Crippen molar-refractivity contribution in [2.75, 3.05) is 43.3 Å². The van der Waals surface area contributed by atoms with Crippen molar-refractivity contribution >= 4 is 32.4 Å². The number of sulfonamides is 1. The van der Waals surface area contributed by atoms with E-state index in [9.17, 15) is 13.2 Å². The Kier molecular flexibility index (Phi) is 6.25. The first-order chi connectivity index (χ1) is 14.9. The molecular formula is C24H27N3O3S. The maximum absolute atomic E-state index is 13.0. The molecule has 0 atom stereocenters. The molecule has 3 aromatic rings. The Morgan fingerprint density at radius 3 is 2.23 bits per heavy atom. The van der Waals surface area contributed by atoms with Crippen LogP contribution in [0.5, 0.6) is 0 Å². The van der Waals surface area contributed by atoms with Crippen LogP contribution in [0.1, 0.15) is 5.56 Å². The molecule has 1 fully saturated rings. The van der Waals surface area contributed by atoms with Crippen molar-refractivity contribution in [3.05, 3.63) is 78.4 Å². The average Bonchev–Trinajstić information content (AvgIpc) is 2.77. The van der Waals surface area contributed by atoms with E-state index in [1.54, 1.807) is 11.0 Å². The van der Waals surface area contributed by atoms with Crippen LogP contribution in [0.4, 0.5) is 5.69 Å². The van der Waals surface area contributed by atoms with Gasteiger partial charge in [0.25, 0.3) is 0 Å². The van der Waals surface area contributed by atoms with Crippen molar-refractivity contribution < 1.29 is 13.2 Å². The molecule has 1 amide bonds. The highest BCUT2D eigenvalue weighted by molar-refractivity contribution is 7.92. The fourth-order valence-electron chi connectivity index (χ4n) is 4.03. The van der Waals surface area contributed by atoms with Crippen LogP contribution in [0.2, 0.25) is 0 Å². The van der Waals surface area contributed by atoms with Crippen molar-refractivity contribution in [2.24, 2.45) is 0 Å². The molecule has 0 spiro atoms. The maximum atomic E-state index is 13.0. The zero-order chi connectivity index (χ0) is 21.8. The van der Waals surface area contributed by atoms with Gasteiger partial charge in [-0.15, -0.1) is 0 Å². The molecular weight excluding hydrogens is 410 g/mol. The molecule has 0 aromatic heterocycles. The minimum atomic E-state index is -3.62. The van der Waals surface area contributed by atoms with Gasteiger partial charge in [-0.05, 0) is 17.0 Å². The predicted octanol–water partition coefficient (Wildman–Crippen LogP) is 2.95. The summed E-state index contributed by atoms with van der Waals surface area (Å²) < 4.78 is 26.4. The van der Waals surface area contributed by atoms with E-state index in [2.05, 4.69) is 17.0 Å². The number of rotatable bonds is 6. The molecule has 0 saturated carbocycles. The lowest BCUT2D eigenvalue weighted by molar-refractivity contribution is -0.131. The first-order valence-electron chi connectivity index (χ1n) is 10.4. The van der Waals surface area contributed by atoms with Crippen molar-refractivity contribution in [3.63, 3.8) is 0 Å². The summed E-state index contributed by atoms with van der Waals surface area (Å²) in [4.78, 5) is 17.1. The minimum absolute atomic E-state index is 0.169. The van der Waals surface area contributed by atoms with E-state index in [0.717, 1.165) is 36.7 Å². The van der Waals surface area contributed by atoms with E-state index in [1.807, 2.05) is 54.6 Å². The smallest absolute Gasteiger partial charge is 0.243 e. The quantitative estimate of drug-likeness (QED) is 0.595. The Hall–Kier alpha value is -2.90. The van der Waals surface area contributed by atoms with Gasteiger partial charge in [-0.1, -0.05) is 66.7 Å². The van der Waals surface area contributed by atoms with Crippen LogP contribution >= 0.6 is 0 Å². The van der Waals surface area contributed by atoms with Gasteiger partial charge < -0.3 is 4.90 Å². The topological polar surface area (TPSA) is 60.9 Å². The zero-order valence-electron chi connectivity index (χ0n) is 17.6. The molecule has 0 N–H and O–H groups in total. The number of nitrogens with zero attached hydrogens (tertiary/aromatic N) is 3. The number of carbonyl (C=O) groups excluding carboxylic acids is 1. The lowest BCUT2D eigenvalue weighted by atomic mass is 10.1. The minimum Gasteiger partial charge on any atom is -0.339 e. The molecule has 7 heteroatoms. The number of anilines is 1. The van der Waals surface area contributed by atoms with Gasteiger partial charge in [-0.25, -0.2) is 8.42 Å². The molecule has 162 valence electrons. The molecule has 4 rings (SSSR count). The maximum Gasteiger partial charge on any atom is 0.243 e. The number of piperazine rings is 1. The Morgan fingerprint density at radius 2 is 1.52 bits per heavy atom. The van der Waals surface area contributed by atoms with Gasteiger partial charge in [0.1, 0.15) is 6.54 Å².